The molecule has 0 fully saturated rings. The van der Waals surface area contributed by atoms with Gasteiger partial charge in [-0.1, -0.05) is 19.1 Å². The largest absolute Gasteiger partial charge is 0.369 e. The molecule has 0 saturated heterocycles. The fourth-order valence-corrected chi connectivity index (χ4v) is 2.50. The molecule has 0 unspecified atom stereocenters. The molecule has 0 radical (unpaired) electrons. The number of anilines is 1. The van der Waals surface area contributed by atoms with Crippen LogP contribution < -0.4 is 5.73 Å². The number of nitrogens with zero attached hydrogens (tertiary/aromatic N) is 2. The Hall–Kier alpha value is -1.82. The lowest BCUT2D eigenvalue weighted by molar-refractivity contribution is 0.597. The maximum absolute atomic E-state index is 11.7. The number of hydrogen-bond donors (Lipinski definition) is 1. The maximum Gasteiger partial charge on any atom is 0.200 e. The first-order chi connectivity index (χ1) is 8.44. The van der Waals surface area contributed by atoms with Crippen molar-refractivity contribution in [2.75, 3.05) is 11.5 Å². The summed E-state index contributed by atoms with van der Waals surface area (Å²) in [6.45, 7) is 1.63. The van der Waals surface area contributed by atoms with E-state index in [4.69, 9.17) is 5.73 Å². The Kier molecular flexibility index (Phi) is 3.13. The van der Waals surface area contributed by atoms with Gasteiger partial charge in [-0.15, -0.1) is 0 Å². The van der Waals surface area contributed by atoms with Gasteiger partial charge in [-0.2, -0.15) is 0 Å². The zero-order valence-corrected chi connectivity index (χ0v) is 11.1. The molecular weight excluding hydrogens is 250 g/mol. The molecule has 5 nitrogen and oxygen atoms in total. The minimum absolute atomic E-state index is 0.100. The predicted molar refractivity (Wildman–Crippen MR) is 70.8 cm³/mol. The average molecular weight is 265 g/mol. The van der Waals surface area contributed by atoms with Crippen molar-refractivity contribution in [2.24, 2.45) is 7.05 Å². The Balaban J connectivity index is 2.39. The van der Waals surface area contributed by atoms with Crippen LogP contribution in [-0.2, 0) is 16.9 Å². The Morgan fingerprint density at radius 3 is 2.33 bits per heavy atom. The number of aryl methyl sites for hydroxylation is 1. The van der Waals surface area contributed by atoms with Crippen LogP contribution >= 0.6 is 0 Å². The summed E-state index contributed by atoms with van der Waals surface area (Å²) in [5, 5.41) is 0. The summed E-state index contributed by atoms with van der Waals surface area (Å²) in [5.41, 5.74) is 7.23. The number of nitrogen functional groups attached to an aromatic ring is 1. The van der Waals surface area contributed by atoms with E-state index >= 15 is 0 Å². The van der Waals surface area contributed by atoms with Gasteiger partial charge in [-0.05, 0) is 12.1 Å². The average Bonchev–Trinajstić information content (AvgIpc) is 2.70. The summed E-state index contributed by atoms with van der Waals surface area (Å²) in [5.74, 6) is 0.526. The topological polar surface area (TPSA) is 78.0 Å². The van der Waals surface area contributed by atoms with Crippen LogP contribution in [0.1, 0.15) is 6.92 Å². The number of rotatable bonds is 3. The molecule has 1 aromatic carbocycles. The number of imidazole rings is 1. The smallest absolute Gasteiger partial charge is 0.200 e. The zero-order chi connectivity index (χ0) is 13.3. The lowest BCUT2D eigenvalue weighted by Crippen LogP contribution is -2.03. The van der Waals surface area contributed by atoms with Crippen LogP contribution in [0.2, 0.25) is 0 Å². The van der Waals surface area contributed by atoms with E-state index in [-0.39, 0.29) is 5.75 Å². The molecule has 2 aromatic rings. The van der Waals surface area contributed by atoms with E-state index in [1.54, 1.807) is 42.0 Å². The molecule has 2 rings (SSSR count). The minimum atomic E-state index is -3.15. The highest BCUT2D eigenvalue weighted by Gasteiger charge is 2.12. The highest BCUT2D eigenvalue weighted by molar-refractivity contribution is 7.91. The number of hydrogen-bond acceptors (Lipinski definition) is 4. The quantitative estimate of drug-likeness (QED) is 0.911. The SMILES string of the molecule is CCS(=O)(=O)c1ccc(-c2cn(C)c(N)n2)cc1. The monoisotopic (exact) mass is 265 g/mol. The lowest BCUT2D eigenvalue weighted by Gasteiger charge is -2.02. The molecule has 96 valence electrons. The first-order valence-corrected chi connectivity index (χ1v) is 7.21. The molecule has 2 N–H and O–H groups in total. The van der Waals surface area contributed by atoms with Gasteiger partial charge in [-0.25, -0.2) is 13.4 Å². The lowest BCUT2D eigenvalue weighted by atomic mass is 10.2. The zero-order valence-electron chi connectivity index (χ0n) is 10.3. The minimum Gasteiger partial charge on any atom is -0.369 e. The van der Waals surface area contributed by atoms with Crippen LogP contribution in [0.5, 0.6) is 0 Å². The van der Waals surface area contributed by atoms with Crippen LogP contribution in [0, 0.1) is 0 Å². The van der Waals surface area contributed by atoms with Crippen molar-refractivity contribution in [2.45, 2.75) is 11.8 Å². The number of aromatic nitrogens is 2. The third-order valence-electron chi connectivity index (χ3n) is 2.80. The Labute approximate surface area is 106 Å². The fraction of sp³-hybridized carbons (Fsp3) is 0.250. The van der Waals surface area contributed by atoms with Crippen molar-refractivity contribution in [1.82, 2.24) is 9.55 Å². The van der Waals surface area contributed by atoms with E-state index < -0.39 is 9.84 Å². The van der Waals surface area contributed by atoms with Gasteiger partial charge in [0.1, 0.15) is 0 Å². The first-order valence-electron chi connectivity index (χ1n) is 5.56. The van der Waals surface area contributed by atoms with E-state index in [1.165, 1.54) is 0 Å². The van der Waals surface area contributed by atoms with Crippen LogP contribution in [0.15, 0.2) is 35.4 Å². The van der Waals surface area contributed by atoms with Crippen LogP contribution in [-0.4, -0.2) is 23.7 Å². The number of benzene rings is 1. The summed E-state index contributed by atoms with van der Waals surface area (Å²) < 4.78 is 25.0. The molecule has 0 amide bonds. The van der Waals surface area contributed by atoms with E-state index in [0.717, 1.165) is 11.3 Å². The van der Waals surface area contributed by atoms with Crippen molar-refractivity contribution < 1.29 is 8.42 Å². The second-order valence-corrected chi connectivity index (χ2v) is 6.30. The standard InChI is InChI=1S/C12H15N3O2S/c1-3-18(16,17)10-6-4-9(5-7-10)11-8-15(2)12(13)14-11/h4-8H,3H2,1-2H3,(H2,13,14). The second kappa shape index (κ2) is 4.45. The maximum atomic E-state index is 11.7. The molecule has 1 heterocycles. The van der Waals surface area contributed by atoms with Gasteiger partial charge < -0.3 is 10.3 Å². The predicted octanol–water partition coefficient (Wildman–Crippen LogP) is 1.46. The molecule has 0 spiro atoms. The normalized spacial score (nSPS) is 11.7. The van der Waals surface area contributed by atoms with Crippen LogP contribution in [0.4, 0.5) is 5.95 Å². The fourth-order valence-electron chi connectivity index (χ4n) is 1.62. The van der Waals surface area contributed by atoms with E-state index in [9.17, 15) is 8.42 Å². The Morgan fingerprint density at radius 2 is 1.89 bits per heavy atom. The highest BCUT2D eigenvalue weighted by Crippen LogP contribution is 2.21. The molecule has 0 aliphatic heterocycles. The number of nitrogens with two attached hydrogens (primary N) is 1. The van der Waals surface area contributed by atoms with Crippen LogP contribution in [0.3, 0.4) is 0 Å². The molecule has 0 aliphatic rings. The van der Waals surface area contributed by atoms with Gasteiger partial charge in [0.05, 0.1) is 16.3 Å². The van der Waals surface area contributed by atoms with Crippen LogP contribution in [0.25, 0.3) is 11.3 Å². The molecule has 1 aromatic heterocycles. The summed E-state index contributed by atoms with van der Waals surface area (Å²) in [4.78, 5) is 4.51. The third-order valence-corrected chi connectivity index (χ3v) is 4.55. The Morgan fingerprint density at radius 1 is 1.28 bits per heavy atom. The van der Waals surface area contributed by atoms with Gasteiger partial charge in [-0.3, -0.25) is 0 Å². The van der Waals surface area contributed by atoms with Gasteiger partial charge in [0.15, 0.2) is 15.8 Å². The highest BCUT2D eigenvalue weighted by atomic mass is 32.2. The molecule has 18 heavy (non-hydrogen) atoms. The van der Waals surface area contributed by atoms with E-state index in [1.807, 2.05) is 7.05 Å². The summed E-state index contributed by atoms with van der Waals surface area (Å²) in [6, 6.07) is 6.67. The van der Waals surface area contributed by atoms with Gasteiger partial charge in [0.2, 0.25) is 0 Å². The molecule has 0 bridgehead atoms. The molecule has 6 heteroatoms. The summed E-state index contributed by atoms with van der Waals surface area (Å²) >= 11 is 0. The van der Waals surface area contributed by atoms with E-state index in [2.05, 4.69) is 4.98 Å². The van der Waals surface area contributed by atoms with Crippen molar-refractivity contribution in [3.05, 3.63) is 30.5 Å². The Bertz CT molecular complexity index is 638. The van der Waals surface area contributed by atoms with Crippen molar-refractivity contribution in [1.29, 1.82) is 0 Å². The second-order valence-electron chi connectivity index (χ2n) is 4.02. The van der Waals surface area contributed by atoms with Gasteiger partial charge in [0, 0.05) is 18.8 Å². The van der Waals surface area contributed by atoms with E-state index in [0.29, 0.717) is 10.8 Å². The summed E-state index contributed by atoms with van der Waals surface area (Å²) in [6.07, 6.45) is 1.80. The van der Waals surface area contributed by atoms with Crippen molar-refractivity contribution in [3.8, 4) is 11.3 Å². The summed E-state index contributed by atoms with van der Waals surface area (Å²) in [7, 11) is -1.34. The van der Waals surface area contributed by atoms with Crippen molar-refractivity contribution >= 4 is 15.8 Å². The molecule has 0 atom stereocenters. The first kappa shape index (κ1) is 12.6. The molecular formula is C12H15N3O2S. The van der Waals surface area contributed by atoms with Gasteiger partial charge >= 0.3 is 0 Å². The van der Waals surface area contributed by atoms with Gasteiger partial charge in [0.25, 0.3) is 0 Å². The molecule has 0 aliphatic carbocycles. The molecule has 0 saturated carbocycles. The van der Waals surface area contributed by atoms with Crippen molar-refractivity contribution in [3.63, 3.8) is 0 Å². The number of sulfone groups is 1. The third kappa shape index (κ3) is 2.24.